The monoisotopic (exact) mass is 267 g/mol. The highest BCUT2D eigenvalue weighted by molar-refractivity contribution is 5.69. The van der Waals surface area contributed by atoms with Gasteiger partial charge in [0.1, 0.15) is 0 Å². The van der Waals surface area contributed by atoms with Gasteiger partial charge in [0.2, 0.25) is 0 Å². The van der Waals surface area contributed by atoms with E-state index in [4.69, 9.17) is 10.5 Å². The molecule has 0 unspecified atom stereocenters. The molecule has 104 valence electrons. The first kappa shape index (κ1) is 13.5. The standard InChI is InChI=1S/C11H17N5O3/c1-14-9-8(10(17)15(2)11(14)18)16(7-13-9)4-6-19-5-3-12/h7H,3-6,12H2,1-2H3. The minimum Gasteiger partial charge on any atom is -0.378 e. The van der Waals surface area contributed by atoms with Crippen LogP contribution >= 0.6 is 0 Å². The molecule has 2 N–H and O–H groups in total. The van der Waals surface area contributed by atoms with Crippen LogP contribution in [0.3, 0.4) is 0 Å². The molecule has 0 bridgehead atoms. The Morgan fingerprint density at radius 1 is 1.26 bits per heavy atom. The van der Waals surface area contributed by atoms with E-state index in [2.05, 4.69) is 4.98 Å². The first-order valence-electron chi connectivity index (χ1n) is 5.96. The summed E-state index contributed by atoms with van der Waals surface area (Å²) in [7, 11) is 3.04. The molecule has 0 amide bonds. The molecule has 0 aliphatic carbocycles. The average molecular weight is 267 g/mol. The number of hydrogen-bond acceptors (Lipinski definition) is 5. The maximum Gasteiger partial charge on any atom is 0.332 e. The molecule has 2 heterocycles. The lowest BCUT2D eigenvalue weighted by Gasteiger charge is -2.06. The summed E-state index contributed by atoms with van der Waals surface area (Å²) in [6.45, 7) is 1.86. The molecule has 19 heavy (non-hydrogen) atoms. The quantitative estimate of drug-likeness (QED) is 0.659. The van der Waals surface area contributed by atoms with Crippen molar-refractivity contribution >= 4 is 11.2 Å². The van der Waals surface area contributed by atoms with Gasteiger partial charge in [0.25, 0.3) is 5.56 Å². The number of aryl methyl sites for hydroxylation is 1. The molecule has 2 aromatic rings. The van der Waals surface area contributed by atoms with Gasteiger partial charge in [0, 0.05) is 27.2 Å². The number of hydrogen-bond donors (Lipinski definition) is 1. The van der Waals surface area contributed by atoms with Crippen LogP contribution in [0.2, 0.25) is 0 Å². The molecule has 0 aromatic carbocycles. The Labute approximate surface area is 109 Å². The fourth-order valence-electron chi connectivity index (χ4n) is 1.91. The minimum atomic E-state index is -0.387. The van der Waals surface area contributed by atoms with Crippen molar-refractivity contribution in [2.75, 3.05) is 19.8 Å². The van der Waals surface area contributed by atoms with E-state index in [0.717, 1.165) is 4.57 Å². The van der Waals surface area contributed by atoms with Crippen LogP contribution in [-0.2, 0) is 25.4 Å². The molecule has 0 radical (unpaired) electrons. The number of fused-ring (bicyclic) bond motifs is 1. The molecule has 0 aliphatic heterocycles. The lowest BCUT2D eigenvalue weighted by Crippen LogP contribution is -2.37. The van der Waals surface area contributed by atoms with Gasteiger partial charge in [0.15, 0.2) is 11.2 Å². The van der Waals surface area contributed by atoms with E-state index in [1.165, 1.54) is 17.9 Å². The van der Waals surface area contributed by atoms with E-state index in [0.29, 0.717) is 37.5 Å². The molecule has 2 aromatic heterocycles. The highest BCUT2D eigenvalue weighted by Gasteiger charge is 2.13. The van der Waals surface area contributed by atoms with Crippen LogP contribution in [0.4, 0.5) is 0 Å². The van der Waals surface area contributed by atoms with E-state index in [9.17, 15) is 9.59 Å². The topological polar surface area (TPSA) is 97.1 Å². The number of aromatic nitrogens is 4. The van der Waals surface area contributed by atoms with E-state index >= 15 is 0 Å². The van der Waals surface area contributed by atoms with Crippen LogP contribution in [0.5, 0.6) is 0 Å². The molecule has 0 saturated heterocycles. The third-order valence-corrected chi connectivity index (χ3v) is 2.96. The highest BCUT2D eigenvalue weighted by atomic mass is 16.5. The maximum absolute atomic E-state index is 12.1. The third-order valence-electron chi connectivity index (χ3n) is 2.96. The third kappa shape index (κ3) is 2.32. The Balaban J connectivity index is 2.43. The maximum atomic E-state index is 12.1. The molecule has 0 aliphatic rings. The molecule has 0 fully saturated rings. The van der Waals surface area contributed by atoms with Gasteiger partial charge in [-0.15, -0.1) is 0 Å². The van der Waals surface area contributed by atoms with Gasteiger partial charge >= 0.3 is 5.69 Å². The van der Waals surface area contributed by atoms with E-state index in [1.54, 1.807) is 11.6 Å². The summed E-state index contributed by atoms with van der Waals surface area (Å²) in [5.41, 5.74) is 5.37. The van der Waals surface area contributed by atoms with Gasteiger partial charge in [-0.25, -0.2) is 9.78 Å². The van der Waals surface area contributed by atoms with Gasteiger partial charge in [-0.2, -0.15) is 0 Å². The van der Waals surface area contributed by atoms with Gasteiger partial charge in [-0.05, 0) is 0 Å². The van der Waals surface area contributed by atoms with Crippen LogP contribution in [0.1, 0.15) is 0 Å². The van der Waals surface area contributed by atoms with Crippen molar-refractivity contribution in [3.63, 3.8) is 0 Å². The lowest BCUT2D eigenvalue weighted by atomic mass is 10.5. The van der Waals surface area contributed by atoms with Gasteiger partial charge in [-0.3, -0.25) is 13.9 Å². The Hall–Kier alpha value is -1.93. The van der Waals surface area contributed by atoms with Crippen molar-refractivity contribution < 1.29 is 4.74 Å². The summed E-state index contributed by atoms with van der Waals surface area (Å²) >= 11 is 0. The van der Waals surface area contributed by atoms with Crippen molar-refractivity contribution in [3.05, 3.63) is 27.2 Å². The molecule has 2 rings (SSSR count). The summed E-state index contributed by atoms with van der Waals surface area (Å²) < 4.78 is 9.39. The van der Waals surface area contributed by atoms with E-state index in [-0.39, 0.29) is 11.2 Å². The van der Waals surface area contributed by atoms with Gasteiger partial charge in [0.05, 0.1) is 19.5 Å². The molecule has 8 heteroatoms. The van der Waals surface area contributed by atoms with Gasteiger partial charge < -0.3 is 15.0 Å². The number of nitrogens with two attached hydrogens (primary N) is 1. The summed E-state index contributed by atoms with van der Waals surface area (Å²) in [4.78, 5) is 28.0. The molecule has 0 spiro atoms. The van der Waals surface area contributed by atoms with Crippen molar-refractivity contribution in [2.24, 2.45) is 19.8 Å². The van der Waals surface area contributed by atoms with Crippen LogP contribution in [-0.4, -0.2) is 38.4 Å². The van der Waals surface area contributed by atoms with E-state index < -0.39 is 0 Å². The second-order valence-corrected chi connectivity index (χ2v) is 4.22. The smallest absolute Gasteiger partial charge is 0.332 e. The van der Waals surface area contributed by atoms with Crippen molar-refractivity contribution in [1.29, 1.82) is 0 Å². The first-order valence-corrected chi connectivity index (χ1v) is 5.96. The SMILES string of the molecule is Cn1c(=O)c2c(ncn2CCOCCN)n(C)c1=O. The number of imidazole rings is 1. The lowest BCUT2D eigenvalue weighted by molar-refractivity contribution is 0.134. The number of rotatable bonds is 5. The van der Waals surface area contributed by atoms with Gasteiger partial charge in [-0.1, -0.05) is 0 Å². The molecule has 0 saturated carbocycles. The highest BCUT2D eigenvalue weighted by Crippen LogP contribution is 2.04. The van der Waals surface area contributed by atoms with Crippen LogP contribution in [0.15, 0.2) is 15.9 Å². The number of ether oxygens (including phenoxy) is 1. The summed E-state index contributed by atoms with van der Waals surface area (Å²) in [5, 5.41) is 0. The molecule has 0 atom stereocenters. The molecular weight excluding hydrogens is 250 g/mol. The number of nitrogens with zero attached hydrogens (tertiary/aromatic N) is 4. The Morgan fingerprint density at radius 3 is 2.68 bits per heavy atom. The Kier molecular flexibility index (Phi) is 3.82. The predicted molar refractivity (Wildman–Crippen MR) is 70.1 cm³/mol. The predicted octanol–water partition coefficient (Wildman–Crippen LogP) is -1.59. The second-order valence-electron chi connectivity index (χ2n) is 4.22. The zero-order valence-corrected chi connectivity index (χ0v) is 11.0. The molecule has 8 nitrogen and oxygen atoms in total. The van der Waals surface area contributed by atoms with Crippen LogP contribution < -0.4 is 17.0 Å². The summed E-state index contributed by atoms with van der Waals surface area (Å²) in [6, 6.07) is 0. The largest absolute Gasteiger partial charge is 0.378 e. The van der Waals surface area contributed by atoms with Crippen molar-refractivity contribution in [3.8, 4) is 0 Å². The zero-order valence-electron chi connectivity index (χ0n) is 11.0. The Bertz CT molecular complexity index is 697. The summed E-state index contributed by atoms with van der Waals surface area (Å²) in [5.74, 6) is 0. The van der Waals surface area contributed by atoms with Crippen molar-refractivity contribution in [1.82, 2.24) is 18.7 Å². The van der Waals surface area contributed by atoms with E-state index in [1.807, 2.05) is 0 Å². The Morgan fingerprint density at radius 2 is 2.00 bits per heavy atom. The second kappa shape index (κ2) is 5.37. The zero-order chi connectivity index (χ0) is 14.0. The minimum absolute atomic E-state index is 0.352. The normalized spacial score (nSPS) is 11.3. The fourth-order valence-corrected chi connectivity index (χ4v) is 1.91. The molecular formula is C11H17N5O3. The van der Waals surface area contributed by atoms with Crippen LogP contribution in [0, 0.1) is 0 Å². The fraction of sp³-hybridized carbons (Fsp3) is 0.545. The van der Waals surface area contributed by atoms with Crippen LogP contribution in [0.25, 0.3) is 11.2 Å². The first-order chi connectivity index (χ1) is 9.07. The summed E-state index contributed by atoms with van der Waals surface area (Å²) in [6.07, 6.45) is 1.54. The average Bonchev–Trinajstić information content (AvgIpc) is 2.83. The van der Waals surface area contributed by atoms with Crippen molar-refractivity contribution in [2.45, 2.75) is 6.54 Å².